The zero-order valence-electron chi connectivity index (χ0n) is 13.7. The van der Waals surface area contributed by atoms with E-state index >= 15 is 0 Å². The van der Waals surface area contributed by atoms with E-state index in [1.54, 1.807) is 11.8 Å². The van der Waals surface area contributed by atoms with Crippen LogP contribution in [0.4, 0.5) is 0 Å². The van der Waals surface area contributed by atoms with Crippen molar-refractivity contribution >= 4 is 11.8 Å². The summed E-state index contributed by atoms with van der Waals surface area (Å²) in [6.07, 6.45) is 6.82. The number of fused-ring (bicyclic) bond motifs is 1. The van der Waals surface area contributed by atoms with Crippen molar-refractivity contribution in [3.63, 3.8) is 0 Å². The van der Waals surface area contributed by atoms with Crippen LogP contribution in [-0.4, -0.2) is 41.6 Å². The SMILES string of the molecule is Cc1ccc(-c2nnc3n2CN(CCCn2ccnc2)CS3)cc1. The zero-order chi connectivity index (χ0) is 16.4. The first kappa shape index (κ1) is 15.4. The molecule has 1 aliphatic heterocycles. The molecule has 0 unspecified atom stereocenters. The standard InChI is InChI=1S/C17H20N6S/c1-14-3-5-15(6-4-14)16-19-20-17-23(16)12-22(13-24-17)9-2-8-21-10-7-18-11-21/h3-7,10-11H,2,8-9,12-13H2,1H3. The second-order valence-corrected chi connectivity index (χ2v) is 6.98. The van der Waals surface area contributed by atoms with Crippen molar-refractivity contribution in [3.05, 3.63) is 48.5 Å². The normalized spacial score (nSPS) is 14.7. The van der Waals surface area contributed by atoms with Gasteiger partial charge in [0.25, 0.3) is 0 Å². The maximum Gasteiger partial charge on any atom is 0.193 e. The lowest BCUT2D eigenvalue weighted by atomic mass is 10.1. The van der Waals surface area contributed by atoms with Crippen molar-refractivity contribution < 1.29 is 0 Å². The molecule has 0 N–H and O–H groups in total. The highest BCUT2D eigenvalue weighted by atomic mass is 32.2. The van der Waals surface area contributed by atoms with Crippen LogP contribution in [0.2, 0.25) is 0 Å². The lowest BCUT2D eigenvalue weighted by Crippen LogP contribution is -2.32. The fraction of sp³-hybridized carbons (Fsp3) is 0.353. The van der Waals surface area contributed by atoms with Crippen LogP contribution in [0.15, 0.2) is 48.1 Å². The molecule has 4 rings (SSSR count). The number of aromatic nitrogens is 5. The van der Waals surface area contributed by atoms with E-state index < -0.39 is 0 Å². The Morgan fingerprint density at radius 2 is 2.00 bits per heavy atom. The lowest BCUT2D eigenvalue weighted by Gasteiger charge is -2.27. The molecule has 1 aliphatic rings. The van der Waals surface area contributed by atoms with Gasteiger partial charge in [0, 0.05) is 31.0 Å². The fourth-order valence-electron chi connectivity index (χ4n) is 2.86. The van der Waals surface area contributed by atoms with Gasteiger partial charge < -0.3 is 4.57 Å². The average molecular weight is 340 g/mol. The Bertz CT molecular complexity index is 793. The molecular weight excluding hydrogens is 320 g/mol. The summed E-state index contributed by atoms with van der Waals surface area (Å²) in [4.78, 5) is 6.53. The molecule has 24 heavy (non-hydrogen) atoms. The number of nitrogens with zero attached hydrogens (tertiary/aromatic N) is 6. The number of aryl methyl sites for hydroxylation is 2. The quantitative estimate of drug-likeness (QED) is 0.715. The van der Waals surface area contributed by atoms with Crippen LogP contribution in [0.3, 0.4) is 0 Å². The molecule has 124 valence electrons. The zero-order valence-corrected chi connectivity index (χ0v) is 14.5. The molecule has 0 bridgehead atoms. The van der Waals surface area contributed by atoms with Gasteiger partial charge in [0.05, 0.1) is 18.9 Å². The third-order valence-corrected chi connectivity index (χ3v) is 5.25. The maximum absolute atomic E-state index is 4.41. The summed E-state index contributed by atoms with van der Waals surface area (Å²) in [7, 11) is 0. The van der Waals surface area contributed by atoms with Gasteiger partial charge in [0.15, 0.2) is 11.0 Å². The molecule has 7 heteroatoms. The Morgan fingerprint density at radius 3 is 2.79 bits per heavy atom. The van der Waals surface area contributed by atoms with Gasteiger partial charge in [0.2, 0.25) is 0 Å². The molecule has 0 fully saturated rings. The molecule has 6 nitrogen and oxygen atoms in total. The van der Waals surface area contributed by atoms with Gasteiger partial charge in [-0.2, -0.15) is 0 Å². The summed E-state index contributed by atoms with van der Waals surface area (Å²) in [6.45, 7) is 5.00. The summed E-state index contributed by atoms with van der Waals surface area (Å²) in [5.41, 5.74) is 2.38. The topological polar surface area (TPSA) is 51.8 Å². The molecule has 1 aromatic carbocycles. The molecule has 0 aliphatic carbocycles. The summed E-state index contributed by atoms with van der Waals surface area (Å²) in [5.74, 6) is 1.92. The smallest absolute Gasteiger partial charge is 0.193 e. The largest absolute Gasteiger partial charge is 0.337 e. The molecule has 0 atom stereocenters. The predicted octanol–water partition coefficient (Wildman–Crippen LogP) is 2.86. The molecule has 0 amide bonds. The Morgan fingerprint density at radius 1 is 1.12 bits per heavy atom. The van der Waals surface area contributed by atoms with Crippen molar-refractivity contribution in [2.45, 2.75) is 31.7 Å². The second-order valence-electron chi connectivity index (χ2n) is 6.06. The highest BCUT2D eigenvalue weighted by Crippen LogP contribution is 2.29. The van der Waals surface area contributed by atoms with Gasteiger partial charge in [-0.1, -0.05) is 41.6 Å². The van der Waals surface area contributed by atoms with E-state index in [-0.39, 0.29) is 0 Å². The van der Waals surface area contributed by atoms with Crippen molar-refractivity contribution in [1.29, 1.82) is 0 Å². The first-order chi connectivity index (χ1) is 11.8. The number of rotatable bonds is 5. The van der Waals surface area contributed by atoms with E-state index in [0.717, 1.165) is 48.6 Å². The second kappa shape index (κ2) is 6.78. The van der Waals surface area contributed by atoms with Gasteiger partial charge in [-0.25, -0.2) is 4.98 Å². The van der Waals surface area contributed by atoms with E-state index in [2.05, 4.69) is 60.4 Å². The Hall–Kier alpha value is -2.12. The van der Waals surface area contributed by atoms with Crippen LogP contribution in [-0.2, 0) is 13.2 Å². The molecular formula is C17H20N6S. The molecule has 0 radical (unpaired) electrons. The molecule has 0 spiro atoms. The van der Waals surface area contributed by atoms with Gasteiger partial charge in [-0.3, -0.25) is 9.47 Å². The van der Waals surface area contributed by atoms with Crippen LogP contribution in [0.25, 0.3) is 11.4 Å². The van der Waals surface area contributed by atoms with Crippen LogP contribution >= 0.6 is 11.8 Å². The van der Waals surface area contributed by atoms with Crippen LogP contribution < -0.4 is 0 Å². The van der Waals surface area contributed by atoms with E-state index in [1.165, 1.54) is 5.56 Å². The van der Waals surface area contributed by atoms with Crippen LogP contribution in [0, 0.1) is 6.92 Å². The van der Waals surface area contributed by atoms with E-state index in [1.807, 2.05) is 18.7 Å². The van der Waals surface area contributed by atoms with Gasteiger partial charge in [0.1, 0.15) is 0 Å². The number of thioether (sulfide) groups is 1. The van der Waals surface area contributed by atoms with E-state index in [0.29, 0.717) is 0 Å². The van der Waals surface area contributed by atoms with Crippen molar-refractivity contribution in [1.82, 2.24) is 29.2 Å². The summed E-state index contributed by atoms with van der Waals surface area (Å²) in [6, 6.07) is 8.48. The minimum atomic E-state index is 0.850. The van der Waals surface area contributed by atoms with E-state index in [4.69, 9.17) is 0 Å². The molecule has 3 aromatic rings. The van der Waals surface area contributed by atoms with Crippen molar-refractivity contribution in [3.8, 4) is 11.4 Å². The average Bonchev–Trinajstić information content (AvgIpc) is 3.25. The number of hydrogen-bond donors (Lipinski definition) is 0. The third-order valence-electron chi connectivity index (χ3n) is 4.19. The fourth-order valence-corrected chi connectivity index (χ4v) is 3.77. The van der Waals surface area contributed by atoms with Crippen LogP contribution in [0.1, 0.15) is 12.0 Å². The Labute approximate surface area is 145 Å². The Kier molecular flexibility index (Phi) is 4.36. The number of imidazole rings is 1. The first-order valence-electron chi connectivity index (χ1n) is 8.11. The first-order valence-corrected chi connectivity index (χ1v) is 9.09. The molecule has 0 saturated heterocycles. The van der Waals surface area contributed by atoms with Crippen molar-refractivity contribution in [2.75, 3.05) is 12.4 Å². The van der Waals surface area contributed by atoms with Crippen molar-refractivity contribution in [2.24, 2.45) is 0 Å². The van der Waals surface area contributed by atoms with E-state index in [9.17, 15) is 0 Å². The minimum absolute atomic E-state index is 0.850. The summed E-state index contributed by atoms with van der Waals surface area (Å²) >= 11 is 1.76. The summed E-state index contributed by atoms with van der Waals surface area (Å²) < 4.78 is 4.34. The van der Waals surface area contributed by atoms with Gasteiger partial charge in [-0.15, -0.1) is 10.2 Å². The maximum atomic E-state index is 4.41. The predicted molar refractivity (Wildman–Crippen MR) is 94.5 cm³/mol. The summed E-state index contributed by atoms with van der Waals surface area (Å²) in [5, 5.41) is 9.76. The lowest BCUT2D eigenvalue weighted by molar-refractivity contribution is 0.233. The van der Waals surface area contributed by atoms with Gasteiger partial charge in [-0.05, 0) is 13.3 Å². The van der Waals surface area contributed by atoms with Gasteiger partial charge >= 0.3 is 0 Å². The number of hydrogen-bond acceptors (Lipinski definition) is 5. The molecule has 2 aromatic heterocycles. The Balaban J connectivity index is 1.44. The van der Waals surface area contributed by atoms with Crippen LogP contribution in [0.5, 0.6) is 0 Å². The monoisotopic (exact) mass is 340 g/mol. The minimum Gasteiger partial charge on any atom is -0.337 e. The third kappa shape index (κ3) is 3.22. The highest BCUT2D eigenvalue weighted by Gasteiger charge is 2.22. The molecule has 3 heterocycles. The molecule has 0 saturated carbocycles. The number of benzene rings is 1. The highest BCUT2D eigenvalue weighted by molar-refractivity contribution is 7.99.